The Kier molecular flexibility index (Phi) is 2.80. The van der Waals surface area contributed by atoms with Crippen molar-refractivity contribution in [3.8, 4) is 0 Å². The highest BCUT2D eigenvalue weighted by Gasteiger charge is 2.15. The molecule has 0 saturated carbocycles. The topological polar surface area (TPSA) is 48.0 Å². The first-order valence-corrected chi connectivity index (χ1v) is 5.75. The number of rotatable bonds is 2. The Bertz CT molecular complexity index is 420. The molecule has 2 N–H and O–H groups in total. The lowest BCUT2D eigenvalue weighted by Gasteiger charge is -2.21. The second-order valence-corrected chi connectivity index (χ2v) is 4.24. The minimum Gasteiger partial charge on any atom is -0.394 e. The van der Waals surface area contributed by atoms with E-state index in [0.717, 1.165) is 25.8 Å². The zero-order valence-corrected chi connectivity index (χ0v) is 9.25. The Balaban J connectivity index is 2.58. The molecule has 1 aliphatic rings. The number of aryl methyl sites for hydroxylation is 1. The fraction of sp³-hybridized carbons (Fsp3) is 0.583. The van der Waals surface area contributed by atoms with E-state index < -0.39 is 0 Å². The summed E-state index contributed by atoms with van der Waals surface area (Å²) >= 11 is 0. The summed E-state index contributed by atoms with van der Waals surface area (Å²) in [6.07, 6.45) is 5.50. The van der Waals surface area contributed by atoms with Gasteiger partial charge in [0.1, 0.15) is 0 Å². The second-order valence-electron chi connectivity index (χ2n) is 4.24. The van der Waals surface area contributed by atoms with Gasteiger partial charge in [-0.1, -0.05) is 6.92 Å². The average Bonchev–Trinajstić information content (AvgIpc) is 2.25. The van der Waals surface area contributed by atoms with Gasteiger partial charge < -0.3 is 10.3 Å². The Morgan fingerprint density at radius 1 is 1.40 bits per heavy atom. The van der Waals surface area contributed by atoms with Gasteiger partial charge in [0.2, 0.25) is 0 Å². The van der Waals surface area contributed by atoms with E-state index >= 15 is 0 Å². The van der Waals surface area contributed by atoms with Crippen LogP contribution in [0.25, 0.3) is 0 Å². The van der Waals surface area contributed by atoms with Gasteiger partial charge in [0.25, 0.3) is 5.56 Å². The Morgan fingerprint density at radius 3 is 2.87 bits per heavy atom. The molecule has 0 saturated heterocycles. The van der Waals surface area contributed by atoms with Crippen LogP contribution in [0.1, 0.15) is 37.4 Å². The SMILES string of the molecule is CCCn1c2c(cc(N)c1=O)CCCC2. The summed E-state index contributed by atoms with van der Waals surface area (Å²) in [5.74, 6) is 0. The van der Waals surface area contributed by atoms with E-state index in [9.17, 15) is 4.79 Å². The molecule has 2 rings (SSSR count). The number of nitrogens with two attached hydrogens (primary N) is 1. The molecule has 0 atom stereocenters. The quantitative estimate of drug-likeness (QED) is 0.801. The van der Waals surface area contributed by atoms with Crippen LogP contribution in [0.15, 0.2) is 10.9 Å². The summed E-state index contributed by atoms with van der Waals surface area (Å²) in [5.41, 5.74) is 8.65. The minimum atomic E-state index is -0.00231. The maximum absolute atomic E-state index is 11.9. The first kappa shape index (κ1) is 10.3. The van der Waals surface area contributed by atoms with Gasteiger partial charge in [-0.25, -0.2) is 0 Å². The van der Waals surface area contributed by atoms with Crippen LogP contribution in [-0.2, 0) is 19.4 Å². The number of aromatic nitrogens is 1. The molecule has 1 aromatic heterocycles. The second kappa shape index (κ2) is 4.09. The average molecular weight is 206 g/mol. The van der Waals surface area contributed by atoms with Gasteiger partial charge in [0, 0.05) is 12.2 Å². The van der Waals surface area contributed by atoms with Crippen molar-refractivity contribution >= 4 is 5.69 Å². The van der Waals surface area contributed by atoms with Crippen LogP contribution in [0, 0.1) is 0 Å². The third-order valence-corrected chi connectivity index (χ3v) is 3.08. The molecule has 1 heterocycles. The van der Waals surface area contributed by atoms with E-state index in [0.29, 0.717) is 5.69 Å². The molecular formula is C12H18N2O. The lowest BCUT2D eigenvalue weighted by molar-refractivity contribution is 0.567. The standard InChI is InChI=1S/C12H18N2O/c1-2-7-14-11-6-4-3-5-9(11)8-10(13)12(14)15/h8H,2-7,13H2,1H3. The molecule has 82 valence electrons. The maximum atomic E-state index is 11.9. The molecule has 0 aromatic carbocycles. The van der Waals surface area contributed by atoms with Crippen molar-refractivity contribution in [1.29, 1.82) is 0 Å². The largest absolute Gasteiger partial charge is 0.394 e. The van der Waals surface area contributed by atoms with Crippen LogP contribution in [-0.4, -0.2) is 4.57 Å². The number of hydrogen-bond donors (Lipinski definition) is 1. The van der Waals surface area contributed by atoms with E-state index in [2.05, 4.69) is 6.92 Å². The van der Waals surface area contributed by atoms with E-state index in [1.165, 1.54) is 24.1 Å². The van der Waals surface area contributed by atoms with Gasteiger partial charge in [-0.15, -0.1) is 0 Å². The molecule has 3 nitrogen and oxygen atoms in total. The Labute approximate surface area is 89.9 Å². The molecule has 15 heavy (non-hydrogen) atoms. The molecule has 0 bridgehead atoms. The van der Waals surface area contributed by atoms with Crippen LogP contribution < -0.4 is 11.3 Å². The van der Waals surface area contributed by atoms with Gasteiger partial charge in [-0.05, 0) is 43.7 Å². The molecule has 0 fully saturated rings. The lowest BCUT2D eigenvalue weighted by Crippen LogP contribution is -2.28. The van der Waals surface area contributed by atoms with Crippen molar-refractivity contribution in [3.63, 3.8) is 0 Å². The summed E-state index contributed by atoms with van der Waals surface area (Å²) in [5, 5.41) is 0. The predicted molar refractivity (Wildman–Crippen MR) is 62.0 cm³/mol. The van der Waals surface area contributed by atoms with E-state index in [1.54, 1.807) is 0 Å². The van der Waals surface area contributed by atoms with Gasteiger partial charge >= 0.3 is 0 Å². The summed E-state index contributed by atoms with van der Waals surface area (Å²) in [7, 11) is 0. The monoisotopic (exact) mass is 206 g/mol. The third-order valence-electron chi connectivity index (χ3n) is 3.08. The van der Waals surface area contributed by atoms with Gasteiger partial charge in [-0.2, -0.15) is 0 Å². The van der Waals surface area contributed by atoms with Crippen molar-refractivity contribution in [1.82, 2.24) is 4.57 Å². The van der Waals surface area contributed by atoms with Gasteiger partial charge in [0.05, 0.1) is 5.69 Å². The Morgan fingerprint density at radius 2 is 2.13 bits per heavy atom. The van der Waals surface area contributed by atoms with Crippen molar-refractivity contribution in [2.24, 2.45) is 0 Å². The molecule has 0 aliphatic heterocycles. The first-order valence-electron chi connectivity index (χ1n) is 5.75. The zero-order valence-electron chi connectivity index (χ0n) is 9.25. The third kappa shape index (κ3) is 1.78. The maximum Gasteiger partial charge on any atom is 0.273 e. The molecule has 1 aromatic rings. The smallest absolute Gasteiger partial charge is 0.273 e. The molecule has 0 amide bonds. The highest BCUT2D eigenvalue weighted by molar-refractivity contribution is 5.42. The summed E-state index contributed by atoms with van der Waals surface area (Å²) in [6.45, 7) is 2.89. The normalized spacial score (nSPS) is 15.0. The van der Waals surface area contributed by atoms with Crippen LogP contribution in [0.4, 0.5) is 5.69 Å². The zero-order chi connectivity index (χ0) is 10.8. The summed E-state index contributed by atoms with van der Waals surface area (Å²) in [4.78, 5) is 11.9. The van der Waals surface area contributed by atoms with E-state index in [-0.39, 0.29) is 5.56 Å². The minimum absolute atomic E-state index is 0.00231. The molecule has 0 radical (unpaired) electrons. The molecule has 0 spiro atoms. The number of nitrogen functional groups attached to an aromatic ring is 1. The fourth-order valence-corrected chi connectivity index (χ4v) is 2.36. The fourth-order valence-electron chi connectivity index (χ4n) is 2.36. The summed E-state index contributed by atoms with van der Waals surface area (Å²) < 4.78 is 1.88. The lowest BCUT2D eigenvalue weighted by atomic mass is 9.95. The number of hydrogen-bond acceptors (Lipinski definition) is 2. The molecule has 3 heteroatoms. The van der Waals surface area contributed by atoms with Gasteiger partial charge in [0.15, 0.2) is 0 Å². The number of fused-ring (bicyclic) bond motifs is 1. The van der Waals surface area contributed by atoms with E-state index in [4.69, 9.17) is 5.73 Å². The van der Waals surface area contributed by atoms with Crippen LogP contribution in [0.2, 0.25) is 0 Å². The molecule has 0 unspecified atom stereocenters. The van der Waals surface area contributed by atoms with Crippen LogP contribution in [0.5, 0.6) is 0 Å². The predicted octanol–water partition coefficient (Wildman–Crippen LogP) is 1.72. The highest BCUT2D eigenvalue weighted by atomic mass is 16.1. The summed E-state index contributed by atoms with van der Waals surface area (Å²) in [6, 6.07) is 1.88. The van der Waals surface area contributed by atoms with Crippen molar-refractivity contribution < 1.29 is 0 Å². The van der Waals surface area contributed by atoms with Gasteiger partial charge in [-0.3, -0.25) is 4.79 Å². The first-order chi connectivity index (χ1) is 7.24. The Hall–Kier alpha value is -1.25. The van der Waals surface area contributed by atoms with Crippen molar-refractivity contribution in [3.05, 3.63) is 27.7 Å². The van der Waals surface area contributed by atoms with Crippen molar-refractivity contribution in [2.45, 2.75) is 45.6 Å². The highest BCUT2D eigenvalue weighted by Crippen LogP contribution is 2.21. The van der Waals surface area contributed by atoms with Crippen LogP contribution >= 0.6 is 0 Å². The van der Waals surface area contributed by atoms with E-state index in [1.807, 2.05) is 10.6 Å². The van der Waals surface area contributed by atoms with Crippen LogP contribution in [0.3, 0.4) is 0 Å². The molecular weight excluding hydrogens is 188 g/mol. The van der Waals surface area contributed by atoms with Crippen molar-refractivity contribution in [2.75, 3.05) is 5.73 Å². The number of pyridine rings is 1. The number of anilines is 1. The number of nitrogens with zero attached hydrogens (tertiary/aromatic N) is 1. The molecule has 1 aliphatic carbocycles.